The highest BCUT2D eigenvalue weighted by molar-refractivity contribution is 4.74. The van der Waals surface area contributed by atoms with Gasteiger partial charge in [-0.2, -0.15) is 0 Å². The molecule has 0 saturated heterocycles. The Labute approximate surface area is 103 Å². The minimum atomic E-state index is 1.06. The highest BCUT2D eigenvalue weighted by atomic mass is 14.3. The van der Waals surface area contributed by atoms with Crippen molar-refractivity contribution in [1.29, 1.82) is 0 Å². The third kappa shape index (κ3) is 5.37. The van der Waals surface area contributed by atoms with Crippen LogP contribution in [0.4, 0.5) is 0 Å². The van der Waals surface area contributed by atoms with Gasteiger partial charge in [0.1, 0.15) is 0 Å². The summed E-state index contributed by atoms with van der Waals surface area (Å²) in [7, 11) is 0. The summed E-state index contributed by atoms with van der Waals surface area (Å²) in [6, 6.07) is 0. The van der Waals surface area contributed by atoms with Gasteiger partial charge in [0.05, 0.1) is 0 Å². The van der Waals surface area contributed by atoms with Crippen LogP contribution < -0.4 is 0 Å². The Hall–Kier alpha value is 0. The molecule has 0 aromatic carbocycles. The van der Waals surface area contributed by atoms with Crippen LogP contribution in [0, 0.1) is 11.8 Å². The summed E-state index contributed by atoms with van der Waals surface area (Å²) >= 11 is 0. The fourth-order valence-corrected chi connectivity index (χ4v) is 3.39. The first kappa shape index (κ1) is 14.1. The van der Waals surface area contributed by atoms with Crippen molar-refractivity contribution in [1.82, 2.24) is 0 Å². The average molecular weight is 224 g/mol. The minimum absolute atomic E-state index is 1.06. The molecule has 16 heavy (non-hydrogen) atoms. The van der Waals surface area contributed by atoms with Crippen LogP contribution in [0.3, 0.4) is 0 Å². The van der Waals surface area contributed by atoms with Gasteiger partial charge in [0.2, 0.25) is 0 Å². The van der Waals surface area contributed by atoms with Gasteiger partial charge in [-0.15, -0.1) is 0 Å². The highest BCUT2D eigenvalue weighted by Gasteiger charge is 2.22. The van der Waals surface area contributed by atoms with E-state index >= 15 is 0 Å². The van der Waals surface area contributed by atoms with E-state index in [-0.39, 0.29) is 0 Å². The Balaban J connectivity index is 2.00. The molecule has 1 unspecified atom stereocenters. The SMILES string of the molecule is CCCCCCCCC(CC)C1CCCC1. The normalized spacial score (nSPS) is 19.1. The predicted octanol–water partition coefficient (Wildman–Crippen LogP) is 5.95. The van der Waals surface area contributed by atoms with Crippen LogP contribution in [0.25, 0.3) is 0 Å². The second kappa shape index (κ2) is 9.07. The molecule has 0 aromatic heterocycles. The molecule has 0 radical (unpaired) electrons. The molecule has 1 atom stereocenters. The van der Waals surface area contributed by atoms with Crippen molar-refractivity contribution in [3.63, 3.8) is 0 Å². The molecule has 0 N–H and O–H groups in total. The molecule has 0 heteroatoms. The topological polar surface area (TPSA) is 0 Å². The fraction of sp³-hybridized carbons (Fsp3) is 1.00. The van der Waals surface area contributed by atoms with Crippen molar-refractivity contribution in [2.75, 3.05) is 0 Å². The third-order valence-corrected chi connectivity index (χ3v) is 4.52. The van der Waals surface area contributed by atoms with E-state index in [4.69, 9.17) is 0 Å². The van der Waals surface area contributed by atoms with Crippen molar-refractivity contribution in [3.8, 4) is 0 Å². The summed E-state index contributed by atoms with van der Waals surface area (Å²) < 4.78 is 0. The van der Waals surface area contributed by atoms with Crippen molar-refractivity contribution < 1.29 is 0 Å². The Bertz CT molecular complexity index is 144. The van der Waals surface area contributed by atoms with E-state index in [1.54, 1.807) is 0 Å². The van der Waals surface area contributed by atoms with Gasteiger partial charge in [-0.3, -0.25) is 0 Å². The van der Waals surface area contributed by atoms with Gasteiger partial charge in [-0.05, 0) is 11.8 Å². The summed E-state index contributed by atoms with van der Waals surface area (Å²) in [6.07, 6.45) is 17.8. The second-order valence-electron chi connectivity index (χ2n) is 5.77. The van der Waals surface area contributed by atoms with Gasteiger partial charge >= 0.3 is 0 Å². The van der Waals surface area contributed by atoms with Crippen molar-refractivity contribution in [2.24, 2.45) is 11.8 Å². The van der Waals surface area contributed by atoms with E-state index in [1.165, 1.54) is 77.0 Å². The molecule has 1 aliphatic carbocycles. The van der Waals surface area contributed by atoms with E-state index in [0.29, 0.717) is 0 Å². The Kier molecular flexibility index (Phi) is 7.98. The molecular formula is C16H32. The first-order chi connectivity index (χ1) is 7.88. The van der Waals surface area contributed by atoms with Gasteiger partial charge in [-0.25, -0.2) is 0 Å². The molecular weight excluding hydrogens is 192 g/mol. The fourth-order valence-electron chi connectivity index (χ4n) is 3.39. The van der Waals surface area contributed by atoms with Gasteiger partial charge in [0.15, 0.2) is 0 Å². The van der Waals surface area contributed by atoms with E-state index in [0.717, 1.165) is 11.8 Å². The molecule has 0 aromatic rings. The molecule has 0 amide bonds. The van der Waals surface area contributed by atoms with Crippen molar-refractivity contribution in [3.05, 3.63) is 0 Å². The molecule has 1 saturated carbocycles. The third-order valence-electron chi connectivity index (χ3n) is 4.52. The number of hydrogen-bond donors (Lipinski definition) is 0. The van der Waals surface area contributed by atoms with E-state index in [9.17, 15) is 0 Å². The van der Waals surface area contributed by atoms with Gasteiger partial charge in [0.25, 0.3) is 0 Å². The quantitative estimate of drug-likeness (QED) is 0.424. The first-order valence-corrected chi connectivity index (χ1v) is 7.88. The zero-order valence-electron chi connectivity index (χ0n) is 11.6. The predicted molar refractivity (Wildman–Crippen MR) is 73.7 cm³/mol. The number of unbranched alkanes of at least 4 members (excludes halogenated alkanes) is 5. The largest absolute Gasteiger partial charge is 0.0654 e. The Morgan fingerprint density at radius 2 is 1.50 bits per heavy atom. The highest BCUT2D eigenvalue weighted by Crippen LogP contribution is 2.35. The van der Waals surface area contributed by atoms with Gasteiger partial charge in [0, 0.05) is 0 Å². The molecule has 1 aliphatic rings. The van der Waals surface area contributed by atoms with Crippen molar-refractivity contribution >= 4 is 0 Å². The zero-order valence-corrected chi connectivity index (χ0v) is 11.6. The summed E-state index contributed by atoms with van der Waals surface area (Å²) in [5.74, 6) is 2.16. The molecule has 0 nitrogen and oxygen atoms in total. The monoisotopic (exact) mass is 224 g/mol. The van der Waals surface area contributed by atoms with Crippen LogP contribution in [0.1, 0.15) is 90.9 Å². The summed E-state index contributed by atoms with van der Waals surface area (Å²) in [5, 5.41) is 0. The molecule has 0 heterocycles. The Morgan fingerprint density at radius 3 is 2.12 bits per heavy atom. The summed E-state index contributed by atoms with van der Waals surface area (Å²) in [4.78, 5) is 0. The lowest BCUT2D eigenvalue weighted by Gasteiger charge is -2.21. The lowest BCUT2D eigenvalue weighted by molar-refractivity contribution is 0.299. The smallest absolute Gasteiger partial charge is 0.0386 e. The number of rotatable bonds is 9. The molecule has 96 valence electrons. The standard InChI is InChI=1S/C16H32/c1-3-5-6-7-8-9-12-15(4-2)16-13-10-11-14-16/h15-16H,3-14H2,1-2H3. The molecule has 1 fully saturated rings. The molecule has 1 rings (SSSR count). The van der Waals surface area contributed by atoms with Crippen LogP contribution in [-0.2, 0) is 0 Å². The first-order valence-electron chi connectivity index (χ1n) is 7.88. The zero-order chi connectivity index (χ0) is 11.6. The summed E-state index contributed by atoms with van der Waals surface area (Å²) in [6.45, 7) is 4.70. The van der Waals surface area contributed by atoms with Crippen LogP contribution >= 0.6 is 0 Å². The molecule has 0 spiro atoms. The van der Waals surface area contributed by atoms with E-state index in [1.807, 2.05) is 0 Å². The molecule has 0 bridgehead atoms. The van der Waals surface area contributed by atoms with Crippen LogP contribution in [0.2, 0.25) is 0 Å². The minimum Gasteiger partial charge on any atom is -0.0654 e. The Morgan fingerprint density at radius 1 is 0.875 bits per heavy atom. The second-order valence-corrected chi connectivity index (χ2v) is 5.77. The van der Waals surface area contributed by atoms with Crippen LogP contribution in [-0.4, -0.2) is 0 Å². The van der Waals surface area contributed by atoms with Crippen LogP contribution in [0.5, 0.6) is 0 Å². The van der Waals surface area contributed by atoms with E-state index < -0.39 is 0 Å². The lowest BCUT2D eigenvalue weighted by Crippen LogP contribution is -2.10. The van der Waals surface area contributed by atoms with Crippen LogP contribution in [0.15, 0.2) is 0 Å². The number of hydrogen-bond acceptors (Lipinski definition) is 0. The maximum Gasteiger partial charge on any atom is -0.0386 e. The van der Waals surface area contributed by atoms with Gasteiger partial charge < -0.3 is 0 Å². The maximum absolute atomic E-state index is 2.40. The maximum atomic E-state index is 2.40. The van der Waals surface area contributed by atoms with Gasteiger partial charge in [-0.1, -0.05) is 90.9 Å². The van der Waals surface area contributed by atoms with E-state index in [2.05, 4.69) is 13.8 Å². The average Bonchev–Trinajstić information content (AvgIpc) is 2.82. The molecule has 0 aliphatic heterocycles. The van der Waals surface area contributed by atoms with Crippen molar-refractivity contribution in [2.45, 2.75) is 90.9 Å². The lowest BCUT2D eigenvalue weighted by atomic mass is 9.84. The summed E-state index contributed by atoms with van der Waals surface area (Å²) in [5.41, 5.74) is 0.